The van der Waals surface area contributed by atoms with E-state index in [1.54, 1.807) is 0 Å². The summed E-state index contributed by atoms with van der Waals surface area (Å²) in [6.07, 6.45) is 4.07. The van der Waals surface area contributed by atoms with Crippen molar-refractivity contribution in [3.05, 3.63) is 84.9 Å². The molecule has 0 amide bonds. The van der Waals surface area contributed by atoms with Gasteiger partial charge in [-0.3, -0.25) is 0 Å². The van der Waals surface area contributed by atoms with Crippen LogP contribution in [0.3, 0.4) is 0 Å². The fourth-order valence-electron chi connectivity index (χ4n) is 2.98. The average Bonchev–Trinajstić information content (AvgIpc) is 3.07. The van der Waals surface area contributed by atoms with E-state index in [2.05, 4.69) is 62.9 Å². The van der Waals surface area contributed by atoms with E-state index < -0.39 is 0 Å². The Morgan fingerprint density at radius 3 is 2.19 bits per heavy atom. The lowest BCUT2D eigenvalue weighted by Gasteiger charge is -2.17. The molecule has 0 fully saturated rings. The number of rotatable bonds is 4. The molecule has 4 heteroatoms. The zero-order valence-electron chi connectivity index (χ0n) is 14.9. The third kappa shape index (κ3) is 3.36. The van der Waals surface area contributed by atoms with E-state index in [-0.39, 0.29) is 5.16 Å². The summed E-state index contributed by atoms with van der Waals surface area (Å²) in [5.41, 5.74) is 3.40. The molecule has 2 aromatic heterocycles. The molecule has 2 heterocycles. The molecule has 0 aliphatic heterocycles. The second-order valence-electron chi connectivity index (χ2n) is 6.96. The third-order valence-electron chi connectivity index (χ3n) is 4.27. The molecular formula is C22H21N2OP. The van der Waals surface area contributed by atoms with Crippen LogP contribution in [0.1, 0.15) is 19.7 Å². The number of hydrogen-bond acceptors (Lipinski definition) is 2. The molecule has 0 aliphatic rings. The van der Waals surface area contributed by atoms with Crippen molar-refractivity contribution in [2.24, 2.45) is 0 Å². The zero-order chi connectivity index (χ0) is 18.1. The molecule has 4 aromatic rings. The van der Waals surface area contributed by atoms with E-state index in [9.17, 15) is 0 Å². The Balaban J connectivity index is 1.65. The number of imidazole rings is 1. The SMILES string of the molecule is CC(C)(P)c1ncc2ccc(-c3ccc(Oc4ccccc4)cc3)cn12. The first-order valence-electron chi connectivity index (χ1n) is 8.60. The van der Waals surface area contributed by atoms with Gasteiger partial charge < -0.3 is 9.14 Å². The van der Waals surface area contributed by atoms with Gasteiger partial charge in [0, 0.05) is 11.4 Å². The molecule has 4 rings (SSSR count). The molecule has 1 unspecified atom stereocenters. The van der Waals surface area contributed by atoms with E-state index in [1.807, 2.05) is 48.7 Å². The fourth-order valence-corrected chi connectivity index (χ4v) is 3.19. The molecule has 0 bridgehead atoms. The first-order valence-corrected chi connectivity index (χ1v) is 9.18. The topological polar surface area (TPSA) is 26.5 Å². The van der Waals surface area contributed by atoms with Crippen LogP contribution in [-0.2, 0) is 5.16 Å². The first kappa shape index (κ1) is 16.8. The lowest BCUT2D eigenvalue weighted by Crippen LogP contribution is -2.11. The van der Waals surface area contributed by atoms with Gasteiger partial charge in [0.25, 0.3) is 0 Å². The van der Waals surface area contributed by atoms with Crippen LogP contribution in [0, 0.1) is 0 Å². The Labute approximate surface area is 155 Å². The van der Waals surface area contributed by atoms with E-state index in [4.69, 9.17) is 4.74 Å². The molecule has 2 aromatic carbocycles. The third-order valence-corrected chi connectivity index (χ3v) is 4.53. The molecule has 0 radical (unpaired) electrons. The van der Waals surface area contributed by atoms with Crippen LogP contribution in [0.15, 0.2) is 79.1 Å². The number of hydrogen-bond donors (Lipinski definition) is 0. The quantitative estimate of drug-likeness (QED) is 0.423. The van der Waals surface area contributed by atoms with E-state index >= 15 is 0 Å². The Morgan fingerprint density at radius 1 is 0.846 bits per heavy atom. The van der Waals surface area contributed by atoms with E-state index in [0.717, 1.165) is 34.0 Å². The Hall–Kier alpha value is -2.64. The number of ether oxygens (including phenoxy) is 1. The normalized spacial score (nSPS) is 11.7. The molecule has 0 aliphatic carbocycles. The number of nitrogens with zero attached hydrogens (tertiary/aromatic N) is 2. The van der Waals surface area contributed by atoms with E-state index in [0.29, 0.717) is 0 Å². The number of benzene rings is 2. The molecule has 0 N–H and O–H groups in total. The highest BCUT2D eigenvalue weighted by Gasteiger charge is 2.19. The molecule has 1 atom stereocenters. The van der Waals surface area contributed by atoms with Gasteiger partial charge >= 0.3 is 0 Å². The highest BCUT2D eigenvalue weighted by molar-refractivity contribution is 7.18. The van der Waals surface area contributed by atoms with Crippen molar-refractivity contribution in [2.45, 2.75) is 19.0 Å². The highest BCUT2D eigenvalue weighted by atomic mass is 31.0. The second kappa shape index (κ2) is 6.59. The summed E-state index contributed by atoms with van der Waals surface area (Å²) >= 11 is 0. The average molecular weight is 360 g/mol. The monoisotopic (exact) mass is 360 g/mol. The van der Waals surface area contributed by atoms with Crippen LogP contribution < -0.4 is 4.74 Å². The smallest absolute Gasteiger partial charge is 0.127 e. The van der Waals surface area contributed by atoms with Gasteiger partial charge in [0.1, 0.15) is 17.3 Å². The molecule has 0 saturated heterocycles. The van der Waals surface area contributed by atoms with Crippen molar-refractivity contribution in [3.8, 4) is 22.6 Å². The Bertz CT molecular complexity index is 1030. The summed E-state index contributed by atoms with van der Waals surface area (Å²) < 4.78 is 8.04. The van der Waals surface area contributed by atoms with Crippen LogP contribution in [0.4, 0.5) is 0 Å². The van der Waals surface area contributed by atoms with Gasteiger partial charge in [-0.05, 0) is 55.3 Å². The maximum Gasteiger partial charge on any atom is 0.127 e. The number of aromatic nitrogens is 2. The predicted octanol–water partition coefficient (Wildman–Crippen LogP) is 5.90. The molecule has 0 saturated carbocycles. The van der Waals surface area contributed by atoms with Crippen LogP contribution in [0.25, 0.3) is 16.6 Å². The minimum absolute atomic E-state index is 0.0849. The lowest BCUT2D eigenvalue weighted by atomic mass is 10.1. The zero-order valence-corrected chi connectivity index (χ0v) is 16.0. The van der Waals surface area contributed by atoms with Gasteiger partial charge in [0.05, 0.1) is 11.7 Å². The fraction of sp³-hybridized carbons (Fsp3) is 0.136. The number of fused-ring (bicyclic) bond motifs is 1. The number of para-hydroxylation sites is 1. The maximum atomic E-state index is 5.87. The van der Waals surface area contributed by atoms with Crippen molar-refractivity contribution in [2.75, 3.05) is 0 Å². The van der Waals surface area contributed by atoms with Gasteiger partial charge in [-0.1, -0.05) is 36.4 Å². The van der Waals surface area contributed by atoms with Gasteiger partial charge in [0.15, 0.2) is 0 Å². The molecule has 0 spiro atoms. The van der Waals surface area contributed by atoms with Crippen molar-refractivity contribution in [1.29, 1.82) is 0 Å². The molecule has 130 valence electrons. The number of pyridine rings is 1. The molecular weight excluding hydrogens is 339 g/mol. The maximum absolute atomic E-state index is 5.87. The standard InChI is InChI=1S/C22H21N2OP/c1-22(2,26)21-23-14-18-11-8-17(15-24(18)21)16-9-12-20(13-10-16)25-19-6-4-3-5-7-19/h3-15H,26H2,1-2H3. The second-order valence-corrected chi connectivity index (χ2v) is 8.40. The Kier molecular flexibility index (Phi) is 4.26. The van der Waals surface area contributed by atoms with Crippen molar-refractivity contribution in [3.63, 3.8) is 0 Å². The van der Waals surface area contributed by atoms with Crippen LogP contribution >= 0.6 is 9.24 Å². The van der Waals surface area contributed by atoms with Crippen molar-refractivity contribution < 1.29 is 4.74 Å². The minimum Gasteiger partial charge on any atom is -0.457 e. The summed E-state index contributed by atoms with van der Waals surface area (Å²) in [7, 11) is 2.86. The van der Waals surface area contributed by atoms with E-state index in [1.165, 1.54) is 0 Å². The van der Waals surface area contributed by atoms with Crippen LogP contribution in [-0.4, -0.2) is 9.38 Å². The summed E-state index contributed by atoms with van der Waals surface area (Å²) in [6.45, 7) is 4.30. The first-order chi connectivity index (χ1) is 12.5. The van der Waals surface area contributed by atoms with Crippen LogP contribution in [0.5, 0.6) is 11.5 Å². The predicted molar refractivity (Wildman–Crippen MR) is 110 cm³/mol. The van der Waals surface area contributed by atoms with Gasteiger partial charge in [-0.25, -0.2) is 4.98 Å². The van der Waals surface area contributed by atoms with Crippen molar-refractivity contribution in [1.82, 2.24) is 9.38 Å². The largest absolute Gasteiger partial charge is 0.457 e. The minimum atomic E-state index is -0.0849. The van der Waals surface area contributed by atoms with Crippen molar-refractivity contribution >= 4 is 14.8 Å². The van der Waals surface area contributed by atoms with Crippen LogP contribution in [0.2, 0.25) is 0 Å². The summed E-state index contributed by atoms with van der Waals surface area (Å²) in [5.74, 6) is 2.70. The Morgan fingerprint density at radius 2 is 1.50 bits per heavy atom. The van der Waals surface area contributed by atoms with Gasteiger partial charge in [-0.15, -0.1) is 9.24 Å². The summed E-state index contributed by atoms with van der Waals surface area (Å²) in [4.78, 5) is 4.58. The lowest BCUT2D eigenvalue weighted by molar-refractivity contribution is 0.483. The summed E-state index contributed by atoms with van der Waals surface area (Å²) in [6, 6.07) is 22.2. The van der Waals surface area contributed by atoms with Gasteiger partial charge in [0.2, 0.25) is 0 Å². The molecule has 26 heavy (non-hydrogen) atoms. The molecule has 3 nitrogen and oxygen atoms in total. The highest BCUT2D eigenvalue weighted by Crippen LogP contribution is 2.31. The summed E-state index contributed by atoms with van der Waals surface area (Å²) in [5, 5.41) is -0.0849. The van der Waals surface area contributed by atoms with Gasteiger partial charge in [-0.2, -0.15) is 0 Å².